The average molecular weight is 333 g/mol. The van der Waals surface area contributed by atoms with Gasteiger partial charge in [0.05, 0.1) is 15.1 Å². The Kier molecular flexibility index (Phi) is 4.38. The minimum atomic E-state index is -1.14. The monoisotopic (exact) mass is 331 g/mol. The molecular weight excluding hydrogens is 325 g/mol. The third-order valence-electron chi connectivity index (χ3n) is 2.52. The van der Waals surface area contributed by atoms with Gasteiger partial charge in [0.2, 0.25) is 5.88 Å². The van der Waals surface area contributed by atoms with Crippen molar-refractivity contribution in [1.82, 2.24) is 4.98 Å². The summed E-state index contributed by atoms with van der Waals surface area (Å²) in [5, 5.41) is 9.92. The molecule has 0 spiro atoms. The number of aryl methyl sites for hydroxylation is 1. The molecule has 0 fully saturated rings. The number of nitrogens with zero attached hydrogens (tertiary/aromatic N) is 1. The van der Waals surface area contributed by atoms with Gasteiger partial charge < -0.3 is 9.84 Å². The zero-order valence-electron chi connectivity index (χ0n) is 10.2. The Balaban J connectivity index is 2.48. The van der Waals surface area contributed by atoms with Crippen LogP contribution in [0.5, 0.6) is 11.6 Å². The zero-order chi connectivity index (χ0) is 14.9. The molecule has 7 heteroatoms. The summed E-state index contributed by atoms with van der Waals surface area (Å²) in [6, 6.07) is 4.39. The van der Waals surface area contributed by atoms with Crippen molar-refractivity contribution < 1.29 is 14.6 Å². The van der Waals surface area contributed by atoms with Crippen LogP contribution >= 0.6 is 34.8 Å². The number of ether oxygens (including phenoxy) is 1. The number of aromatic carboxylic acids is 1. The average Bonchev–Trinajstić information content (AvgIpc) is 2.35. The molecule has 0 atom stereocenters. The number of carbonyl (C=O) groups is 1. The number of aromatic nitrogens is 1. The fourth-order valence-electron chi connectivity index (χ4n) is 1.56. The van der Waals surface area contributed by atoms with Crippen LogP contribution in [-0.2, 0) is 0 Å². The van der Waals surface area contributed by atoms with Gasteiger partial charge in [-0.25, -0.2) is 9.78 Å². The van der Waals surface area contributed by atoms with Gasteiger partial charge >= 0.3 is 5.97 Å². The number of carboxylic acid groups (broad SMARTS) is 1. The van der Waals surface area contributed by atoms with Crippen LogP contribution in [0.25, 0.3) is 0 Å². The first kappa shape index (κ1) is 14.9. The van der Waals surface area contributed by atoms with Gasteiger partial charge in [-0.3, -0.25) is 0 Å². The predicted molar refractivity (Wildman–Crippen MR) is 77.5 cm³/mol. The molecule has 0 saturated carbocycles. The van der Waals surface area contributed by atoms with Crippen molar-refractivity contribution in [2.45, 2.75) is 6.92 Å². The van der Waals surface area contributed by atoms with Crippen LogP contribution in [0.1, 0.15) is 15.9 Å². The van der Waals surface area contributed by atoms with E-state index in [-0.39, 0.29) is 32.3 Å². The summed E-state index contributed by atoms with van der Waals surface area (Å²) in [7, 11) is 0. The van der Waals surface area contributed by atoms with E-state index in [0.717, 1.165) is 0 Å². The summed E-state index contributed by atoms with van der Waals surface area (Å²) in [5.74, 6) is -1.01. The lowest BCUT2D eigenvalue weighted by Crippen LogP contribution is -2.04. The Hall–Kier alpha value is -1.49. The highest BCUT2D eigenvalue weighted by atomic mass is 35.5. The fraction of sp³-hybridized carbons (Fsp3) is 0.0769. The molecule has 0 aliphatic rings. The van der Waals surface area contributed by atoms with Crippen molar-refractivity contribution in [2.75, 3.05) is 0 Å². The molecule has 1 aromatic heterocycles. The SMILES string of the molecule is Cc1ccnc(Oc2cc(Cl)c(Cl)cc2Cl)c1C(=O)O. The minimum absolute atomic E-state index is 0.0327. The van der Waals surface area contributed by atoms with Gasteiger partial charge in [0.1, 0.15) is 11.3 Å². The number of hydrogen-bond donors (Lipinski definition) is 1. The van der Waals surface area contributed by atoms with Crippen LogP contribution in [0.2, 0.25) is 15.1 Å². The van der Waals surface area contributed by atoms with E-state index in [9.17, 15) is 9.90 Å². The smallest absolute Gasteiger partial charge is 0.341 e. The summed E-state index contributed by atoms with van der Waals surface area (Å²) in [4.78, 5) is 15.2. The van der Waals surface area contributed by atoms with Crippen LogP contribution in [0.3, 0.4) is 0 Å². The summed E-state index contributed by atoms with van der Waals surface area (Å²) in [6.45, 7) is 1.65. The molecule has 0 radical (unpaired) electrons. The zero-order valence-corrected chi connectivity index (χ0v) is 12.4. The third-order valence-corrected chi connectivity index (χ3v) is 3.54. The van der Waals surface area contributed by atoms with Gasteiger partial charge in [0.25, 0.3) is 0 Å². The Morgan fingerprint density at radius 1 is 1.20 bits per heavy atom. The van der Waals surface area contributed by atoms with E-state index in [1.54, 1.807) is 13.0 Å². The lowest BCUT2D eigenvalue weighted by molar-refractivity contribution is 0.0692. The van der Waals surface area contributed by atoms with Crippen LogP contribution in [0.4, 0.5) is 0 Å². The van der Waals surface area contributed by atoms with Crippen LogP contribution < -0.4 is 4.74 Å². The van der Waals surface area contributed by atoms with Crippen molar-refractivity contribution in [3.8, 4) is 11.6 Å². The van der Waals surface area contributed by atoms with Crippen LogP contribution in [-0.4, -0.2) is 16.1 Å². The Morgan fingerprint density at radius 2 is 1.85 bits per heavy atom. The van der Waals surface area contributed by atoms with Gasteiger partial charge in [-0.2, -0.15) is 0 Å². The molecule has 4 nitrogen and oxygen atoms in total. The summed E-state index contributed by atoms with van der Waals surface area (Å²) >= 11 is 17.7. The summed E-state index contributed by atoms with van der Waals surface area (Å²) < 4.78 is 5.45. The maximum absolute atomic E-state index is 11.2. The Morgan fingerprint density at radius 3 is 2.50 bits per heavy atom. The van der Waals surface area contributed by atoms with E-state index in [1.165, 1.54) is 18.3 Å². The number of benzene rings is 1. The van der Waals surface area contributed by atoms with Crippen LogP contribution in [0, 0.1) is 6.92 Å². The number of rotatable bonds is 3. The molecule has 0 amide bonds. The van der Waals surface area contributed by atoms with Gasteiger partial charge in [0.15, 0.2) is 0 Å². The molecule has 20 heavy (non-hydrogen) atoms. The highest BCUT2D eigenvalue weighted by Crippen LogP contribution is 2.36. The van der Waals surface area contributed by atoms with E-state index in [4.69, 9.17) is 39.5 Å². The van der Waals surface area contributed by atoms with Crippen molar-refractivity contribution in [1.29, 1.82) is 0 Å². The molecule has 104 valence electrons. The van der Waals surface area contributed by atoms with E-state index >= 15 is 0 Å². The molecule has 0 bridgehead atoms. The fourth-order valence-corrected chi connectivity index (χ4v) is 2.13. The third kappa shape index (κ3) is 2.98. The molecule has 1 heterocycles. The summed E-state index contributed by atoms with van der Waals surface area (Å²) in [5.41, 5.74) is 0.494. The number of hydrogen-bond acceptors (Lipinski definition) is 3. The van der Waals surface area contributed by atoms with E-state index in [2.05, 4.69) is 4.98 Å². The van der Waals surface area contributed by atoms with Gasteiger partial charge in [-0.1, -0.05) is 34.8 Å². The Labute approximate surface area is 129 Å². The molecule has 0 aliphatic carbocycles. The van der Waals surface area contributed by atoms with Crippen molar-refractivity contribution in [3.05, 3.63) is 50.6 Å². The highest BCUT2D eigenvalue weighted by Gasteiger charge is 2.18. The number of carboxylic acids is 1. The van der Waals surface area contributed by atoms with E-state index < -0.39 is 5.97 Å². The normalized spacial score (nSPS) is 10.4. The molecule has 2 aromatic rings. The maximum atomic E-state index is 11.2. The predicted octanol–water partition coefficient (Wildman–Crippen LogP) is 4.84. The molecule has 0 unspecified atom stereocenters. The second-order valence-electron chi connectivity index (χ2n) is 3.91. The molecule has 2 rings (SSSR count). The van der Waals surface area contributed by atoms with Crippen LogP contribution in [0.15, 0.2) is 24.4 Å². The standard InChI is InChI=1S/C13H8Cl3NO3/c1-6-2-3-17-12(11(6)13(18)19)20-10-5-8(15)7(14)4-9(10)16/h2-5H,1H3,(H,18,19). The Bertz CT molecular complexity index is 689. The first-order chi connectivity index (χ1) is 9.40. The maximum Gasteiger partial charge on any atom is 0.341 e. The van der Waals surface area contributed by atoms with E-state index in [0.29, 0.717) is 5.56 Å². The first-order valence-electron chi connectivity index (χ1n) is 5.41. The van der Waals surface area contributed by atoms with Crippen molar-refractivity contribution in [3.63, 3.8) is 0 Å². The second-order valence-corrected chi connectivity index (χ2v) is 5.13. The number of halogens is 3. The largest absolute Gasteiger partial charge is 0.477 e. The molecule has 0 saturated heterocycles. The van der Waals surface area contributed by atoms with Crippen molar-refractivity contribution in [2.24, 2.45) is 0 Å². The minimum Gasteiger partial charge on any atom is -0.477 e. The van der Waals surface area contributed by atoms with Gasteiger partial charge in [-0.15, -0.1) is 0 Å². The molecule has 1 aromatic carbocycles. The quantitative estimate of drug-likeness (QED) is 0.817. The first-order valence-corrected chi connectivity index (χ1v) is 6.55. The lowest BCUT2D eigenvalue weighted by Gasteiger charge is -2.11. The highest BCUT2D eigenvalue weighted by molar-refractivity contribution is 6.43. The molecule has 0 aliphatic heterocycles. The lowest BCUT2D eigenvalue weighted by atomic mass is 10.1. The molecular formula is C13H8Cl3NO3. The summed E-state index contributed by atoms with van der Waals surface area (Å²) in [6.07, 6.45) is 1.45. The van der Waals surface area contributed by atoms with Gasteiger partial charge in [-0.05, 0) is 24.6 Å². The van der Waals surface area contributed by atoms with E-state index in [1.807, 2.05) is 0 Å². The topological polar surface area (TPSA) is 59.4 Å². The van der Waals surface area contributed by atoms with Crippen molar-refractivity contribution >= 4 is 40.8 Å². The van der Waals surface area contributed by atoms with Gasteiger partial charge in [0, 0.05) is 12.3 Å². The molecule has 1 N–H and O–H groups in total. The second kappa shape index (κ2) is 5.87. The number of pyridine rings is 1.